The first-order chi connectivity index (χ1) is 8.63. The molecular formula is C14H20N2O2. The molecule has 1 fully saturated rings. The third-order valence-corrected chi connectivity index (χ3v) is 3.59. The number of hydrogen-bond donors (Lipinski definition) is 2. The first-order valence-electron chi connectivity index (χ1n) is 6.38. The fourth-order valence-corrected chi connectivity index (χ4v) is 2.40. The van der Waals surface area contributed by atoms with Crippen LogP contribution < -0.4 is 5.32 Å². The second-order valence-electron chi connectivity index (χ2n) is 4.85. The van der Waals surface area contributed by atoms with Crippen LogP contribution in [-0.4, -0.2) is 42.1 Å². The molecule has 1 aliphatic rings. The van der Waals surface area contributed by atoms with E-state index in [-0.39, 0.29) is 11.7 Å². The molecule has 18 heavy (non-hydrogen) atoms. The van der Waals surface area contributed by atoms with Crippen molar-refractivity contribution in [3.8, 4) is 5.75 Å². The zero-order chi connectivity index (χ0) is 13.1. The minimum atomic E-state index is -0.0730. The van der Waals surface area contributed by atoms with Crippen LogP contribution in [0.15, 0.2) is 18.2 Å². The van der Waals surface area contributed by atoms with Gasteiger partial charge in [-0.3, -0.25) is 4.79 Å². The maximum atomic E-state index is 12.4. The number of rotatable bonds is 2. The SMILES string of the molecule is CNC1CCCN(C(=O)c2cccc(C)c2O)C1. The molecule has 1 atom stereocenters. The van der Waals surface area contributed by atoms with Crippen LogP contribution in [0.3, 0.4) is 0 Å². The summed E-state index contributed by atoms with van der Waals surface area (Å²) in [7, 11) is 1.92. The Morgan fingerprint density at radius 3 is 3.00 bits per heavy atom. The number of nitrogens with one attached hydrogen (secondary N) is 1. The predicted octanol–water partition coefficient (Wildman–Crippen LogP) is 1.52. The monoisotopic (exact) mass is 248 g/mol. The van der Waals surface area contributed by atoms with Crippen molar-refractivity contribution in [3.63, 3.8) is 0 Å². The van der Waals surface area contributed by atoms with E-state index in [1.54, 1.807) is 19.1 Å². The van der Waals surface area contributed by atoms with E-state index in [1.807, 2.05) is 18.0 Å². The van der Waals surface area contributed by atoms with Gasteiger partial charge in [0.05, 0.1) is 5.56 Å². The molecule has 0 radical (unpaired) electrons. The average Bonchev–Trinajstić information content (AvgIpc) is 2.41. The van der Waals surface area contributed by atoms with Crippen LogP contribution in [0.4, 0.5) is 0 Å². The number of aryl methyl sites for hydroxylation is 1. The maximum absolute atomic E-state index is 12.4. The van der Waals surface area contributed by atoms with Crippen molar-refractivity contribution >= 4 is 5.91 Å². The Bertz CT molecular complexity index is 445. The highest BCUT2D eigenvalue weighted by Crippen LogP contribution is 2.24. The highest BCUT2D eigenvalue weighted by atomic mass is 16.3. The second kappa shape index (κ2) is 5.40. The van der Waals surface area contributed by atoms with Crippen molar-refractivity contribution in [2.45, 2.75) is 25.8 Å². The summed E-state index contributed by atoms with van der Waals surface area (Å²) < 4.78 is 0. The lowest BCUT2D eigenvalue weighted by Gasteiger charge is -2.32. The maximum Gasteiger partial charge on any atom is 0.257 e. The Hall–Kier alpha value is -1.55. The third kappa shape index (κ3) is 2.48. The predicted molar refractivity (Wildman–Crippen MR) is 70.8 cm³/mol. The van der Waals surface area contributed by atoms with Crippen molar-refractivity contribution in [2.75, 3.05) is 20.1 Å². The molecule has 2 N–H and O–H groups in total. The number of phenols is 1. The van der Waals surface area contributed by atoms with Gasteiger partial charge in [0.15, 0.2) is 0 Å². The van der Waals surface area contributed by atoms with E-state index >= 15 is 0 Å². The number of likely N-dealkylation sites (N-methyl/N-ethyl adjacent to an activating group) is 1. The summed E-state index contributed by atoms with van der Waals surface area (Å²) in [6.07, 6.45) is 2.10. The van der Waals surface area contributed by atoms with E-state index < -0.39 is 0 Å². The van der Waals surface area contributed by atoms with Crippen molar-refractivity contribution in [1.29, 1.82) is 0 Å². The molecule has 2 rings (SSSR count). The number of hydrogen-bond acceptors (Lipinski definition) is 3. The van der Waals surface area contributed by atoms with Crippen LogP contribution in [0.1, 0.15) is 28.8 Å². The fourth-order valence-electron chi connectivity index (χ4n) is 2.40. The smallest absolute Gasteiger partial charge is 0.257 e. The summed E-state index contributed by atoms with van der Waals surface area (Å²) >= 11 is 0. The number of carbonyl (C=O) groups is 1. The Balaban J connectivity index is 2.18. The van der Waals surface area contributed by atoms with Gasteiger partial charge in [-0.2, -0.15) is 0 Å². The molecule has 98 valence electrons. The van der Waals surface area contributed by atoms with Gasteiger partial charge in [0, 0.05) is 19.1 Å². The molecule has 1 saturated heterocycles. The molecular weight excluding hydrogens is 228 g/mol. The molecule has 1 amide bonds. The summed E-state index contributed by atoms with van der Waals surface area (Å²) in [6.45, 7) is 3.28. The van der Waals surface area contributed by atoms with Crippen LogP contribution in [0.2, 0.25) is 0 Å². The van der Waals surface area contributed by atoms with Gasteiger partial charge in [0.1, 0.15) is 5.75 Å². The van der Waals surface area contributed by atoms with E-state index in [1.165, 1.54) is 0 Å². The van der Waals surface area contributed by atoms with Gasteiger partial charge >= 0.3 is 0 Å². The summed E-state index contributed by atoms with van der Waals surface area (Å²) in [5.74, 6) is 0.0326. The Kier molecular flexibility index (Phi) is 3.87. The quantitative estimate of drug-likeness (QED) is 0.834. The number of para-hydroxylation sites is 1. The number of phenolic OH excluding ortho intramolecular Hbond substituents is 1. The van der Waals surface area contributed by atoms with E-state index in [0.29, 0.717) is 18.2 Å². The molecule has 1 aromatic carbocycles. The summed E-state index contributed by atoms with van der Waals surface area (Å²) in [4.78, 5) is 14.2. The molecule has 1 heterocycles. The molecule has 1 unspecified atom stereocenters. The molecule has 0 bridgehead atoms. The molecule has 0 aliphatic carbocycles. The minimum Gasteiger partial charge on any atom is -0.507 e. The van der Waals surface area contributed by atoms with Crippen LogP contribution in [0.5, 0.6) is 5.75 Å². The molecule has 4 heteroatoms. The van der Waals surface area contributed by atoms with Gasteiger partial charge in [-0.05, 0) is 38.4 Å². The molecule has 0 saturated carbocycles. The number of likely N-dealkylation sites (tertiary alicyclic amines) is 1. The van der Waals surface area contributed by atoms with Gasteiger partial charge in [0.2, 0.25) is 0 Å². The normalized spacial score (nSPS) is 19.9. The lowest BCUT2D eigenvalue weighted by atomic mass is 10.0. The zero-order valence-electron chi connectivity index (χ0n) is 10.9. The van der Waals surface area contributed by atoms with Gasteiger partial charge in [-0.25, -0.2) is 0 Å². The molecule has 0 aromatic heterocycles. The number of carbonyl (C=O) groups excluding carboxylic acids is 1. The first kappa shape index (κ1) is 12.9. The van der Waals surface area contributed by atoms with E-state index in [2.05, 4.69) is 5.32 Å². The summed E-state index contributed by atoms with van der Waals surface area (Å²) in [5.41, 5.74) is 1.15. The van der Waals surface area contributed by atoms with Crippen LogP contribution in [-0.2, 0) is 0 Å². The average molecular weight is 248 g/mol. The number of aromatic hydroxyl groups is 1. The highest BCUT2D eigenvalue weighted by Gasteiger charge is 2.25. The van der Waals surface area contributed by atoms with Crippen LogP contribution >= 0.6 is 0 Å². The van der Waals surface area contributed by atoms with Gasteiger partial charge in [-0.1, -0.05) is 12.1 Å². The van der Waals surface area contributed by atoms with E-state index in [4.69, 9.17) is 0 Å². The molecule has 4 nitrogen and oxygen atoms in total. The lowest BCUT2D eigenvalue weighted by molar-refractivity contribution is 0.0695. The van der Waals surface area contributed by atoms with Crippen LogP contribution in [0, 0.1) is 6.92 Å². The lowest BCUT2D eigenvalue weighted by Crippen LogP contribution is -2.46. The highest BCUT2D eigenvalue weighted by molar-refractivity contribution is 5.97. The summed E-state index contributed by atoms with van der Waals surface area (Å²) in [5, 5.41) is 13.2. The second-order valence-corrected chi connectivity index (χ2v) is 4.85. The fraction of sp³-hybridized carbons (Fsp3) is 0.500. The van der Waals surface area contributed by atoms with Crippen molar-refractivity contribution in [3.05, 3.63) is 29.3 Å². The van der Waals surface area contributed by atoms with Gasteiger partial charge in [0.25, 0.3) is 5.91 Å². The Morgan fingerprint density at radius 2 is 2.28 bits per heavy atom. The van der Waals surface area contributed by atoms with Crippen molar-refractivity contribution < 1.29 is 9.90 Å². The van der Waals surface area contributed by atoms with Crippen molar-refractivity contribution in [1.82, 2.24) is 10.2 Å². The number of nitrogens with zero attached hydrogens (tertiary/aromatic N) is 1. The third-order valence-electron chi connectivity index (χ3n) is 3.59. The Morgan fingerprint density at radius 1 is 1.50 bits per heavy atom. The van der Waals surface area contributed by atoms with Gasteiger partial charge in [-0.15, -0.1) is 0 Å². The minimum absolute atomic E-state index is 0.0730. The van der Waals surface area contributed by atoms with Crippen LogP contribution in [0.25, 0.3) is 0 Å². The van der Waals surface area contributed by atoms with Gasteiger partial charge < -0.3 is 15.3 Å². The molecule has 1 aliphatic heterocycles. The summed E-state index contributed by atoms with van der Waals surface area (Å²) in [6, 6.07) is 5.66. The van der Waals surface area contributed by atoms with Crippen molar-refractivity contribution in [2.24, 2.45) is 0 Å². The topological polar surface area (TPSA) is 52.6 Å². The van der Waals surface area contributed by atoms with E-state index in [0.717, 1.165) is 24.9 Å². The standard InChI is InChI=1S/C14H20N2O2/c1-10-5-3-7-12(13(10)17)14(18)16-8-4-6-11(9-16)15-2/h3,5,7,11,15,17H,4,6,8-9H2,1-2H3. The zero-order valence-corrected chi connectivity index (χ0v) is 10.9. The largest absolute Gasteiger partial charge is 0.507 e. The number of benzene rings is 1. The first-order valence-corrected chi connectivity index (χ1v) is 6.38. The molecule has 1 aromatic rings. The number of amides is 1. The van der Waals surface area contributed by atoms with E-state index in [9.17, 15) is 9.90 Å². The molecule has 0 spiro atoms. The Labute approximate surface area is 108 Å². The number of piperidine rings is 1.